The number of ether oxygens (including phenoxy) is 2. The molecule has 0 aliphatic rings. The van der Waals surface area contributed by atoms with Crippen molar-refractivity contribution in [3.8, 4) is 0 Å². The molecule has 1 rings (SSSR count). The molecule has 0 fully saturated rings. The second-order valence-electron chi connectivity index (χ2n) is 4.74. The van der Waals surface area contributed by atoms with E-state index in [0.717, 1.165) is 5.56 Å². The lowest BCUT2D eigenvalue weighted by molar-refractivity contribution is 0.179. The van der Waals surface area contributed by atoms with Gasteiger partial charge in [0.1, 0.15) is 0 Å². The molecule has 1 aromatic carbocycles. The van der Waals surface area contributed by atoms with Crippen molar-refractivity contribution < 1.29 is 14.3 Å². The van der Waals surface area contributed by atoms with Crippen LogP contribution in [0.4, 0.5) is 10.5 Å². The van der Waals surface area contributed by atoms with Crippen LogP contribution in [0.2, 0.25) is 0 Å². The molecule has 3 N–H and O–H groups in total. The zero-order valence-electron chi connectivity index (χ0n) is 13.5. The van der Waals surface area contributed by atoms with Gasteiger partial charge in [0.05, 0.1) is 13.7 Å². The van der Waals surface area contributed by atoms with Crippen LogP contribution in [0.5, 0.6) is 0 Å². The van der Waals surface area contributed by atoms with Crippen molar-refractivity contribution in [1.82, 2.24) is 10.6 Å². The summed E-state index contributed by atoms with van der Waals surface area (Å²) in [5.74, 6) is 0.710. The third kappa shape index (κ3) is 6.45. The molecule has 0 spiro atoms. The minimum absolute atomic E-state index is 0.169. The van der Waals surface area contributed by atoms with E-state index in [2.05, 4.69) is 25.7 Å². The zero-order chi connectivity index (χ0) is 16.4. The Morgan fingerprint density at radius 3 is 2.50 bits per heavy atom. The van der Waals surface area contributed by atoms with Crippen molar-refractivity contribution in [1.29, 1.82) is 0 Å². The molecule has 0 heterocycles. The lowest BCUT2D eigenvalue weighted by atomic mass is 10.2. The number of guanidine groups is 1. The molecule has 0 saturated heterocycles. The summed E-state index contributed by atoms with van der Waals surface area (Å²) in [5.41, 5.74) is 1.75. The summed E-state index contributed by atoms with van der Waals surface area (Å²) >= 11 is 0. The Kier molecular flexibility index (Phi) is 7.77. The number of aliphatic imine (C=N–C) groups is 1. The monoisotopic (exact) mass is 308 g/mol. The largest absolute Gasteiger partial charge is 0.453 e. The molecule has 1 atom stereocenters. The van der Waals surface area contributed by atoms with Gasteiger partial charge in [0.25, 0.3) is 0 Å². The van der Waals surface area contributed by atoms with Gasteiger partial charge in [-0.3, -0.25) is 10.3 Å². The fraction of sp³-hybridized carbons (Fsp3) is 0.467. The number of methoxy groups -OCH3 is 2. The highest BCUT2D eigenvalue weighted by Crippen LogP contribution is 2.09. The molecule has 22 heavy (non-hydrogen) atoms. The van der Waals surface area contributed by atoms with E-state index in [9.17, 15) is 4.79 Å². The minimum Gasteiger partial charge on any atom is -0.453 e. The molecule has 1 aromatic rings. The van der Waals surface area contributed by atoms with Crippen molar-refractivity contribution >= 4 is 17.7 Å². The van der Waals surface area contributed by atoms with Crippen LogP contribution in [0.3, 0.4) is 0 Å². The predicted octanol–water partition coefficient (Wildman–Crippen LogP) is 1.56. The summed E-state index contributed by atoms with van der Waals surface area (Å²) in [7, 11) is 4.72. The molecular formula is C15H24N4O3. The third-order valence-corrected chi connectivity index (χ3v) is 2.87. The summed E-state index contributed by atoms with van der Waals surface area (Å²) in [6, 6.07) is 7.65. The highest BCUT2D eigenvalue weighted by molar-refractivity contribution is 5.84. The maximum atomic E-state index is 11.1. The van der Waals surface area contributed by atoms with Gasteiger partial charge in [0.15, 0.2) is 5.96 Å². The number of nitrogens with one attached hydrogen (secondary N) is 3. The Hall–Kier alpha value is -2.28. The molecule has 0 aromatic heterocycles. The highest BCUT2D eigenvalue weighted by atomic mass is 16.5. The number of carbonyl (C=O) groups is 1. The molecule has 0 aliphatic carbocycles. The first-order valence-electron chi connectivity index (χ1n) is 6.99. The Morgan fingerprint density at radius 2 is 1.95 bits per heavy atom. The molecule has 1 unspecified atom stereocenters. The SMILES string of the molecule is CN=C(NCc1ccc(NC(=O)OC)cc1)NC(C)COC. The Labute approximate surface area is 131 Å². The van der Waals surface area contributed by atoms with Gasteiger partial charge >= 0.3 is 6.09 Å². The van der Waals surface area contributed by atoms with Gasteiger partial charge in [-0.25, -0.2) is 4.79 Å². The van der Waals surface area contributed by atoms with Crippen molar-refractivity contribution in [3.05, 3.63) is 29.8 Å². The van der Waals surface area contributed by atoms with Crippen molar-refractivity contribution in [3.63, 3.8) is 0 Å². The van der Waals surface area contributed by atoms with Gasteiger partial charge in [-0.2, -0.15) is 0 Å². The summed E-state index contributed by atoms with van der Waals surface area (Å²) in [6.07, 6.45) is -0.484. The average Bonchev–Trinajstić information content (AvgIpc) is 2.52. The summed E-state index contributed by atoms with van der Waals surface area (Å²) in [6.45, 7) is 3.25. The molecule has 1 amide bonds. The van der Waals surface area contributed by atoms with E-state index in [0.29, 0.717) is 24.8 Å². The van der Waals surface area contributed by atoms with Gasteiger partial charge in [-0.15, -0.1) is 0 Å². The number of rotatable bonds is 6. The van der Waals surface area contributed by atoms with E-state index in [1.54, 1.807) is 14.2 Å². The van der Waals surface area contributed by atoms with E-state index < -0.39 is 6.09 Å². The quantitative estimate of drug-likeness (QED) is 0.549. The molecule has 122 valence electrons. The van der Waals surface area contributed by atoms with Crippen molar-refractivity contribution in [2.45, 2.75) is 19.5 Å². The van der Waals surface area contributed by atoms with Gasteiger partial charge < -0.3 is 20.1 Å². The summed E-state index contributed by atoms with van der Waals surface area (Å²) < 4.78 is 9.61. The summed E-state index contributed by atoms with van der Waals surface area (Å²) in [4.78, 5) is 15.3. The first kappa shape index (κ1) is 17.8. The second kappa shape index (κ2) is 9.62. The van der Waals surface area contributed by atoms with Crippen molar-refractivity contribution in [2.24, 2.45) is 4.99 Å². The van der Waals surface area contributed by atoms with Crippen LogP contribution in [-0.2, 0) is 16.0 Å². The molecule has 7 nitrogen and oxygen atoms in total. The minimum atomic E-state index is -0.484. The van der Waals surface area contributed by atoms with Crippen LogP contribution in [0.15, 0.2) is 29.3 Å². The number of amides is 1. The molecule has 0 bridgehead atoms. The molecular weight excluding hydrogens is 284 g/mol. The van der Waals surface area contributed by atoms with Crippen LogP contribution in [0.1, 0.15) is 12.5 Å². The number of carbonyl (C=O) groups excluding carboxylic acids is 1. The number of anilines is 1. The van der Waals surface area contributed by atoms with Crippen molar-refractivity contribution in [2.75, 3.05) is 33.2 Å². The van der Waals surface area contributed by atoms with E-state index in [1.807, 2.05) is 31.2 Å². The number of hydrogen-bond acceptors (Lipinski definition) is 4. The average molecular weight is 308 g/mol. The molecule has 7 heteroatoms. The normalized spacial score (nSPS) is 12.5. The van der Waals surface area contributed by atoms with E-state index in [-0.39, 0.29) is 6.04 Å². The number of nitrogens with zero attached hydrogens (tertiary/aromatic N) is 1. The lowest BCUT2D eigenvalue weighted by Gasteiger charge is -2.17. The predicted molar refractivity (Wildman–Crippen MR) is 87.1 cm³/mol. The molecule has 0 saturated carbocycles. The Balaban J connectivity index is 2.48. The van der Waals surface area contributed by atoms with Crippen LogP contribution >= 0.6 is 0 Å². The van der Waals surface area contributed by atoms with Crippen LogP contribution in [-0.4, -0.2) is 46.0 Å². The summed E-state index contributed by atoms with van der Waals surface area (Å²) in [5, 5.41) is 9.04. The first-order valence-corrected chi connectivity index (χ1v) is 6.99. The first-order chi connectivity index (χ1) is 10.6. The van der Waals surface area contributed by atoms with Gasteiger partial charge in [0.2, 0.25) is 0 Å². The van der Waals surface area contributed by atoms with Gasteiger partial charge in [-0.1, -0.05) is 12.1 Å². The molecule has 0 radical (unpaired) electrons. The van der Waals surface area contributed by atoms with E-state index >= 15 is 0 Å². The van der Waals surface area contributed by atoms with E-state index in [4.69, 9.17) is 4.74 Å². The number of hydrogen-bond donors (Lipinski definition) is 3. The highest BCUT2D eigenvalue weighted by Gasteiger charge is 2.05. The topological polar surface area (TPSA) is 84.0 Å². The standard InChI is InChI=1S/C15H24N4O3/c1-11(10-21-3)18-14(16-2)17-9-12-5-7-13(8-6-12)19-15(20)22-4/h5-8,11H,9-10H2,1-4H3,(H,19,20)(H2,16,17,18). The Morgan fingerprint density at radius 1 is 1.27 bits per heavy atom. The van der Waals surface area contributed by atoms with Gasteiger partial charge in [0, 0.05) is 32.4 Å². The van der Waals surface area contributed by atoms with Crippen LogP contribution in [0.25, 0.3) is 0 Å². The maximum absolute atomic E-state index is 11.1. The fourth-order valence-corrected chi connectivity index (χ4v) is 1.78. The smallest absolute Gasteiger partial charge is 0.411 e. The number of benzene rings is 1. The van der Waals surface area contributed by atoms with Gasteiger partial charge in [-0.05, 0) is 24.6 Å². The zero-order valence-corrected chi connectivity index (χ0v) is 13.5. The van der Waals surface area contributed by atoms with E-state index in [1.165, 1.54) is 7.11 Å². The fourth-order valence-electron chi connectivity index (χ4n) is 1.78. The van der Waals surface area contributed by atoms with Crippen LogP contribution < -0.4 is 16.0 Å². The lowest BCUT2D eigenvalue weighted by Crippen LogP contribution is -2.43. The maximum Gasteiger partial charge on any atom is 0.411 e. The Bertz CT molecular complexity index is 488. The van der Waals surface area contributed by atoms with Crippen LogP contribution in [0, 0.1) is 0 Å². The third-order valence-electron chi connectivity index (χ3n) is 2.87. The second-order valence-corrected chi connectivity index (χ2v) is 4.74. The molecule has 0 aliphatic heterocycles.